The number of pyridine rings is 1. The minimum Gasteiger partial charge on any atom is -0.480 e. The van der Waals surface area contributed by atoms with E-state index in [1.165, 1.54) is 0 Å². The van der Waals surface area contributed by atoms with E-state index < -0.39 is 11.4 Å². The Labute approximate surface area is 92.5 Å². The largest absolute Gasteiger partial charge is 0.480 e. The molecule has 2 N–H and O–H groups in total. The summed E-state index contributed by atoms with van der Waals surface area (Å²) in [5, 5.41) is 9.24. The molecular formula is C11H13N3O2. The Morgan fingerprint density at radius 2 is 2.38 bits per heavy atom. The van der Waals surface area contributed by atoms with Gasteiger partial charge in [-0.1, -0.05) is 6.92 Å². The second-order valence-electron chi connectivity index (χ2n) is 3.97. The van der Waals surface area contributed by atoms with Crippen LogP contribution in [-0.4, -0.2) is 26.0 Å². The molecule has 0 aliphatic rings. The molecule has 0 saturated heterocycles. The second-order valence-corrected chi connectivity index (χ2v) is 3.97. The number of carbonyl (C=O) groups is 1. The van der Waals surface area contributed by atoms with E-state index >= 15 is 0 Å². The Morgan fingerprint density at radius 3 is 2.94 bits per heavy atom. The van der Waals surface area contributed by atoms with Gasteiger partial charge >= 0.3 is 5.97 Å². The molecule has 0 saturated carbocycles. The summed E-state index contributed by atoms with van der Waals surface area (Å²) in [6.07, 6.45) is 3.76. The van der Waals surface area contributed by atoms with Crippen molar-refractivity contribution in [1.29, 1.82) is 0 Å². The fourth-order valence-corrected chi connectivity index (χ4v) is 1.54. The van der Waals surface area contributed by atoms with Crippen LogP contribution in [0.15, 0.2) is 18.5 Å². The highest BCUT2D eigenvalue weighted by atomic mass is 16.4. The first-order chi connectivity index (χ1) is 7.58. The van der Waals surface area contributed by atoms with Gasteiger partial charge in [0, 0.05) is 6.20 Å². The maximum atomic E-state index is 11.3. The molecule has 0 bridgehead atoms. The van der Waals surface area contributed by atoms with Gasteiger partial charge in [-0.2, -0.15) is 0 Å². The molecule has 84 valence electrons. The highest BCUT2D eigenvalue weighted by Crippen LogP contribution is 2.26. The summed E-state index contributed by atoms with van der Waals surface area (Å²) in [5.74, 6) is -0.396. The van der Waals surface area contributed by atoms with Crippen molar-refractivity contribution in [2.75, 3.05) is 0 Å². The van der Waals surface area contributed by atoms with Crippen LogP contribution in [0.2, 0.25) is 0 Å². The minimum atomic E-state index is -0.973. The lowest BCUT2D eigenvalue weighted by molar-refractivity contribution is -0.143. The molecule has 2 rings (SSSR count). The fourth-order valence-electron chi connectivity index (χ4n) is 1.54. The third-order valence-corrected chi connectivity index (χ3v) is 2.99. The van der Waals surface area contributed by atoms with Crippen LogP contribution in [-0.2, 0) is 10.2 Å². The predicted molar refractivity (Wildman–Crippen MR) is 59.2 cm³/mol. The van der Waals surface area contributed by atoms with Crippen molar-refractivity contribution in [2.24, 2.45) is 0 Å². The lowest BCUT2D eigenvalue weighted by Crippen LogP contribution is -2.32. The number of hydrogen-bond donors (Lipinski definition) is 2. The molecular weight excluding hydrogens is 206 g/mol. The standard InChI is InChI=1S/C11H13N3O2/c1-3-11(2,10(15)16)9-13-7-4-5-12-6-8(7)14-9/h4-6H,3H2,1-2H3,(H,13,14)(H,15,16). The van der Waals surface area contributed by atoms with Crippen LogP contribution < -0.4 is 0 Å². The number of carboxylic acids is 1. The number of rotatable bonds is 3. The van der Waals surface area contributed by atoms with Crippen molar-refractivity contribution in [1.82, 2.24) is 15.0 Å². The number of imidazole rings is 1. The van der Waals surface area contributed by atoms with Gasteiger partial charge in [-0.3, -0.25) is 9.78 Å². The number of carboxylic acid groups (broad SMARTS) is 1. The number of hydrogen-bond acceptors (Lipinski definition) is 3. The van der Waals surface area contributed by atoms with E-state index in [0.717, 1.165) is 11.0 Å². The molecule has 5 nitrogen and oxygen atoms in total. The fraction of sp³-hybridized carbons (Fsp3) is 0.364. The van der Waals surface area contributed by atoms with Crippen molar-refractivity contribution in [3.63, 3.8) is 0 Å². The zero-order valence-corrected chi connectivity index (χ0v) is 9.19. The van der Waals surface area contributed by atoms with Crippen LogP contribution in [0.25, 0.3) is 11.0 Å². The molecule has 2 heterocycles. The molecule has 1 unspecified atom stereocenters. The summed E-state index contributed by atoms with van der Waals surface area (Å²) >= 11 is 0. The summed E-state index contributed by atoms with van der Waals surface area (Å²) in [7, 11) is 0. The summed E-state index contributed by atoms with van der Waals surface area (Å²) in [6.45, 7) is 3.50. The maximum Gasteiger partial charge on any atom is 0.317 e. The van der Waals surface area contributed by atoms with E-state index in [4.69, 9.17) is 0 Å². The molecule has 2 aromatic rings. The van der Waals surface area contributed by atoms with Crippen LogP contribution in [0, 0.1) is 0 Å². The first-order valence-electron chi connectivity index (χ1n) is 5.11. The zero-order valence-electron chi connectivity index (χ0n) is 9.19. The van der Waals surface area contributed by atoms with Gasteiger partial charge in [0.15, 0.2) is 0 Å². The van der Waals surface area contributed by atoms with Crippen LogP contribution in [0.3, 0.4) is 0 Å². The van der Waals surface area contributed by atoms with Crippen LogP contribution in [0.4, 0.5) is 0 Å². The highest BCUT2D eigenvalue weighted by molar-refractivity contribution is 5.82. The van der Waals surface area contributed by atoms with Crippen LogP contribution in [0.5, 0.6) is 0 Å². The topological polar surface area (TPSA) is 78.9 Å². The van der Waals surface area contributed by atoms with Gasteiger partial charge in [-0.05, 0) is 19.4 Å². The molecule has 16 heavy (non-hydrogen) atoms. The van der Waals surface area contributed by atoms with Gasteiger partial charge in [0.05, 0.1) is 17.2 Å². The smallest absolute Gasteiger partial charge is 0.317 e. The summed E-state index contributed by atoms with van der Waals surface area (Å²) in [6, 6.07) is 1.76. The van der Waals surface area contributed by atoms with Crippen molar-refractivity contribution in [2.45, 2.75) is 25.7 Å². The van der Waals surface area contributed by atoms with E-state index in [0.29, 0.717) is 12.2 Å². The van der Waals surface area contributed by atoms with Crippen molar-refractivity contribution in [3.8, 4) is 0 Å². The molecule has 1 atom stereocenters. The van der Waals surface area contributed by atoms with E-state index in [-0.39, 0.29) is 0 Å². The molecule has 0 aliphatic carbocycles. The van der Waals surface area contributed by atoms with E-state index in [1.54, 1.807) is 25.4 Å². The monoisotopic (exact) mass is 219 g/mol. The predicted octanol–water partition coefficient (Wildman–Crippen LogP) is 1.71. The third kappa shape index (κ3) is 1.44. The van der Waals surface area contributed by atoms with Gasteiger partial charge in [0.25, 0.3) is 0 Å². The Balaban J connectivity index is 2.58. The van der Waals surface area contributed by atoms with Gasteiger partial charge in [0.2, 0.25) is 0 Å². The van der Waals surface area contributed by atoms with Gasteiger partial charge in [-0.15, -0.1) is 0 Å². The molecule has 0 aromatic carbocycles. The minimum absolute atomic E-state index is 0.477. The van der Waals surface area contributed by atoms with E-state index in [2.05, 4.69) is 15.0 Å². The Morgan fingerprint density at radius 1 is 1.62 bits per heavy atom. The number of aromatic amines is 1. The average Bonchev–Trinajstić information content (AvgIpc) is 2.71. The Hall–Kier alpha value is -1.91. The van der Waals surface area contributed by atoms with Gasteiger partial charge in [-0.25, -0.2) is 4.98 Å². The zero-order chi connectivity index (χ0) is 11.8. The molecule has 0 amide bonds. The first kappa shape index (κ1) is 10.6. The second kappa shape index (κ2) is 3.59. The summed E-state index contributed by atoms with van der Waals surface area (Å²) in [4.78, 5) is 22.5. The maximum absolute atomic E-state index is 11.3. The number of aromatic nitrogens is 3. The van der Waals surface area contributed by atoms with E-state index in [9.17, 15) is 9.90 Å². The number of aliphatic carboxylic acids is 1. The van der Waals surface area contributed by atoms with Crippen LogP contribution in [0.1, 0.15) is 26.1 Å². The lowest BCUT2D eigenvalue weighted by Gasteiger charge is -2.19. The average molecular weight is 219 g/mol. The Kier molecular flexibility index (Phi) is 2.38. The SMILES string of the molecule is CCC(C)(C(=O)O)c1nc2ccncc2[nH]1. The summed E-state index contributed by atoms with van der Waals surface area (Å²) < 4.78 is 0. The summed E-state index contributed by atoms with van der Waals surface area (Å²) in [5.41, 5.74) is 0.531. The number of H-pyrrole nitrogens is 1. The van der Waals surface area contributed by atoms with Crippen molar-refractivity contribution in [3.05, 3.63) is 24.3 Å². The number of fused-ring (bicyclic) bond motifs is 1. The first-order valence-corrected chi connectivity index (χ1v) is 5.11. The van der Waals surface area contributed by atoms with Gasteiger partial charge < -0.3 is 10.1 Å². The quantitative estimate of drug-likeness (QED) is 0.823. The molecule has 0 radical (unpaired) electrons. The lowest BCUT2D eigenvalue weighted by atomic mass is 9.87. The normalized spacial score (nSPS) is 14.9. The van der Waals surface area contributed by atoms with E-state index in [1.807, 2.05) is 6.92 Å². The number of nitrogens with zero attached hydrogens (tertiary/aromatic N) is 2. The number of nitrogens with one attached hydrogen (secondary N) is 1. The van der Waals surface area contributed by atoms with Crippen molar-refractivity contribution < 1.29 is 9.90 Å². The van der Waals surface area contributed by atoms with Crippen molar-refractivity contribution >= 4 is 17.0 Å². The third-order valence-electron chi connectivity index (χ3n) is 2.99. The molecule has 0 fully saturated rings. The highest BCUT2D eigenvalue weighted by Gasteiger charge is 2.36. The molecule has 0 spiro atoms. The molecule has 2 aromatic heterocycles. The Bertz CT molecular complexity index is 502. The molecule has 0 aliphatic heterocycles. The molecule has 5 heteroatoms. The van der Waals surface area contributed by atoms with Crippen LogP contribution >= 0.6 is 0 Å². The van der Waals surface area contributed by atoms with Gasteiger partial charge in [0.1, 0.15) is 11.2 Å².